The Balaban J connectivity index is 0.000000444. The Morgan fingerprint density at radius 2 is 2.00 bits per heavy atom. The van der Waals surface area contributed by atoms with E-state index in [-0.39, 0.29) is 5.82 Å². The van der Waals surface area contributed by atoms with E-state index in [0.717, 1.165) is 10.6 Å². The van der Waals surface area contributed by atoms with Crippen LogP contribution in [0.4, 0.5) is 10.1 Å². The van der Waals surface area contributed by atoms with Crippen LogP contribution in [0.1, 0.15) is 10.4 Å². The molecule has 0 spiro atoms. The predicted molar refractivity (Wildman–Crippen MR) is 82.6 cm³/mol. The lowest BCUT2D eigenvalue weighted by Crippen LogP contribution is -2.18. The number of rotatable bonds is 4. The molecule has 6 heteroatoms. The number of nitrogens with two attached hydrogens (primary N) is 1. The highest BCUT2D eigenvalue weighted by Gasteiger charge is 2.03. The van der Waals surface area contributed by atoms with E-state index in [2.05, 4.69) is 11.2 Å². The maximum Gasteiger partial charge on any atom is 0.221 e. The van der Waals surface area contributed by atoms with Gasteiger partial charge in [0.1, 0.15) is 5.82 Å². The number of carbonyl (C=O) groups is 1. The topological polar surface area (TPSA) is 67.2 Å². The van der Waals surface area contributed by atoms with Crippen molar-refractivity contribution in [3.8, 4) is 0 Å². The van der Waals surface area contributed by atoms with Gasteiger partial charge in [0.2, 0.25) is 6.41 Å². The van der Waals surface area contributed by atoms with Gasteiger partial charge in [0, 0.05) is 23.2 Å². The third kappa shape index (κ3) is 4.83. The first-order chi connectivity index (χ1) is 9.72. The van der Waals surface area contributed by atoms with E-state index in [1.165, 1.54) is 6.07 Å². The highest BCUT2D eigenvalue weighted by atomic mass is 32.1. The highest BCUT2D eigenvalue weighted by molar-refractivity contribution is 7.10. The second-order valence-corrected chi connectivity index (χ2v) is 4.56. The fourth-order valence-electron chi connectivity index (χ4n) is 1.48. The van der Waals surface area contributed by atoms with Gasteiger partial charge in [-0.3, -0.25) is 10.2 Å². The van der Waals surface area contributed by atoms with Gasteiger partial charge in [-0.25, -0.2) is 10.2 Å². The van der Waals surface area contributed by atoms with Crippen molar-refractivity contribution in [1.82, 2.24) is 5.43 Å². The van der Waals surface area contributed by atoms with Crippen molar-refractivity contribution in [1.29, 1.82) is 0 Å². The van der Waals surface area contributed by atoms with Crippen LogP contribution in [0.25, 0.3) is 12.2 Å². The zero-order valence-corrected chi connectivity index (χ0v) is 11.8. The molecule has 2 aromatic rings. The molecule has 1 aromatic heterocycles. The lowest BCUT2D eigenvalue weighted by molar-refractivity contribution is -0.109. The lowest BCUT2D eigenvalue weighted by Gasteiger charge is -2.05. The van der Waals surface area contributed by atoms with Crippen molar-refractivity contribution in [3.63, 3.8) is 0 Å². The van der Waals surface area contributed by atoms with Crippen LogP contribution in [0.5, 0.6) is 0 Å². The standard InChI is InChI=1S/C13H12FNS.CH4N2O/c1-15-13-6-2-5-12(14)11(13)8-7-10-4-3-9-16-10;2-3-1-4/h2-9,15H,1H3;1H,2H2,(H,3,4)/b8-7+;. The number of hydrazine groups is 1. The minimum absolute atomic E-state index is 0.209. The molecule has 0 aliphatic carbocycles. The largest absolute Gasteiger partial charge is 0.388 e. The Morgan fingerprint density at radius 3 is 2.55 bits per heavy atom. The van der Waals surface area contributed by atoms with E-state index in [9.17, 15) is 4.39 Å². The Labute approximate surface area is 121 Å². The average molecular weight is 293 g/mol. The summed E-state index contributed by atoms with van der Waals surface area (Å²) in [6.45, 7) is 0. The third-order valence-electron chi connectivity index (χ3n) is 2.35. The maximum atomic E-state index is 13.6. The van der Waals surface area contributed by atoms with E-state index in [4.69, 9.17) is 4.79 Å². The smallest absolute Gasteiger partial charge is 0.221 e. The molecule has 2 rings (SSSR count). The van der Waals surface area contributed by atoms with Gasteiger partial charge in [-0.1, -0.05) is 12.1 Å². The molecule has 0 saturated carbocycles. The highest BCUT2D eigenvalue weighted by Crippen LogP contribution is 2.22. The molecule has 0 unspecified atom stereocenters. The van der Waals surface area contributed by atoms with Crippen LogP contribution >= 0.6 is 11.3 Å². The first-order valence-corrected chi connectivity index (χ1v) is 6.68. The van der Waals surface area contributed by atoms with Crippen LogP contribution in [-0.4, -0.2) is 13.5 Å². The number of hydrogen-bond donors (Lipinski definition) is 3. The summed E-state index contributed by atoms with van der Waals surface area (Å²) in [5, 5.41) is 4.98. The van der Waals surface area contributed by atoms with Crippen molar-refractivity contribution in [2.45, 2.75) is 0 Å². The number of hydrogen-bond acceptors (Lipinski definition) is 4. The molecule has 0 aliphatic rings. The summed E-state index contributed by atoms with van der Waals surface area (Å²) in [7, 11) is 1.79. The predicted octanol–water partition coefficient (Wildman–Crippen LogP) is 2.71. The normalized spacial score (nSPS) is 9.75. The van der Waals surface area contributed by atoms with E-state index in [1.807, 2.05) is 29.7 Å². The van der Waals surface area contributed by atoms with Gasteiger partial charge >= 0.3 is 0 Å². The second kappa shape index (κ2) is 8.84. The summed E-state index contributed by atoms with van der Waals surface area (Å²) in [6.07, 6.45) is 4.12. The van der Waals surface area contributed by atoms with E-state index in [1.54, 1.807) is 36.0 Å². The van der Waals surface area contributed by atoms with Crippen LogP contribution in [0, 0.1) is 5.82 Å². The van der Waals surface area contributed by atoms with E-state index in [0.29, 0.717) is 12.0 Å². The molecule has 0 saturated heterocycles. The fraction of sp³-hybridized carbons (Fsp3) is 0.0714. The lowest BCUT2D eigenvalue weighted by atomic mass is 10.1. The summed E-state index contributed by atoms with van der Waals surface area (Å²) in [5.74, 6) is 4.20. The van der Waals surface area contributed by atoms with Crippen LogP contribution in [0.2, 0.25) is 0 Å². The fourth-order valence-corrected chi connectivity index (χ4v) is 2.09. The number of benzene rings is 1. The van der Waals surface area contributed by atoms with Crippen molar-refractivity contribution in [2.75, 3.05) is 12.4 Å². The molecule has 4 nitrogen and oxygen atoms in total. The first kappa shape index (κ1) is 15.9. The molecular weight excluding hydrogens is 277 g/mol. The molecule has 0 atom stereocenters. The van der Waals surface area contributed by atoms with Crippen molar-refractivity contribution in [2.24, 2.45) is 5.84 Å². The van der Waals surface area contributed by atoms with Gasteiger partial charge in [-0.15, -0.1) is 11.3 Å². The second-order valence-electron chi connectivity index (χ2n) is 3.58. The quantitative estimate of drug-likeness (QED) is 0.351. The number of nitrogens with one attached hydrogen (secondary N) is 2. The van der Waals surface area contributed by atoms with Gasteiger partial charge in [0.15, 0.2) is 0 Å². The van der Waals surface area contributed by atoms with Crippen LogP contribution in [0.3, 0.4) is 0 Å². The van der Waals surface area contributed by atoms with Gasteiger partial charge in [-0.05, 0) is 35.7 Å². The summed E-state index contributed by atoms with van der Waals surface area (Å²) in [6, 6.07) is 9.00. The molecule has 1 aromatic carbocycles. The SMILES string of the molecule is CNc1cccc(F)c1/C=C/c1cccs1.NNC=O. The summed E-state index contributed by atoms with van der Waals surface area (Å²) in [5.41, 5.74) is 3.14. The van der Waals surface area contributed by atoms with Crippen molar-refractivity contribution < 1.29 is 9.18 Å². The number of thiophene rings is 1. The zero-order valence-electron chi connectivity index (χ0n) is 11.0. The van der Waals surface area contributed by atoms with Gasteiger partial charge in [-0.2, -0.15) is 0 Å². The Hall–Kier alpha value is -2.18. The van der Waals surface area contributed by atoms with E-state index < -0.39 is 0 Å². The number of carbonyl (C=O) groups excluding carboxylic acids is 1. The first-order valence-electron chi connectivity index (χ1n) is 5.80. The molecular formula is C14H16FN3OS. The molecule has 1 amide bonds. The van der Waals surface area contributed by atoms with Crippen molar-refractivity contribution >= 4 is 35.6 Å². The van der Waals surface area contributed by atoms with Gasteiger partial charge in [0.05, 0.1) is 0 Å². The van der Waals surface area contributed by atoms with E-state index >= 15 is 0 Å². The van der Waals surface area contributed by atoms with Gasteiger partial charge in [0.25, 0.3) is 0 Å². The third-order valence-corrected chi connectivity index (χ3v) is 3.19. The summed E-state index contributed by atoms with van der Waals surface area (Å²) in [4.78, 5) is 10.1. The minimum atomic E-state index is -0.209. The molecule has 106 valence electrons. The monoisotopic (exact) mass is 293 g/mol. The minimum Gasteiger partial charge on any atom is -0.388 e. The molecule has 4 N–H and O–H groups in total. The van der Waals surface area contributed by atoms with Crippen molar-refractivity contribution in [3.05, 3.63) is 52.0 Å². The molecule has 0 aliphatic heterocycles. The number of halogens is 1. The molecule has 0 radical (unpaired) electrons. The molecule has 1 heterocycles. The Bertz CT molecular complexity index is 556. The van der Waals surface area contributed by atoms with Crippen LogP contribution in [-0.2, 0) is 4.79 Å². The number of anilines is 1. The molecule has 0 fully saturated rings. The van der Waals surface area contributed by atoms with Gasteiger partial charge < -0.3 is 5.32 Å². The zero-order chi connectivity index (χ0) is 14.8. The number of amides is 1. The van der Waals surface area contributed by atoms with Crippen LogP contribution < -0.4 is 16.6 Å². The Kier molecular flexibility index (Phi) is 7.02. The average Bonchev–Trinajstić information content (AvgIpc) is 2.99. The molecule has 0 bridgehead atoms. The Morgan fingerprint density at radius 1 is 1.25 bits per heavy atom. The summed E-state index contributed by atoms with van der Waals surface area (Å²) >= 11 is 1.63. The summed E-state index contributed by atoms with van der Waals surface area (Å²) < 4.78 is 13.6. The molecule has 20 heavy (non-hydrogen) atoms. The van der Waals surface area contributed by atoms with Crippen LogP contribution in [0.15, 0.2) is 35.7 Å². The maximum absolute atomic E-state index is 13.6.